The van der Waals surface area contributed by atoms with Crippen LogP contribution in [0.25, 0.3) is 5.57 Å². The third-order valence-corrected chi connectivity index (χ3v) is 9.13. The number of hydrogen-bond donors (Lipinski definition) is 1. The van der Waals surface area contributed by atoms with Crippen LogP contribution in [0.1, 0.15) is 71.3 Å². The maximum Gasteiger partial charge on any atom is 0.0977 e. The van der Waals surface area contributed by atoms with Gasteiger partial charge in [0.2, 0.25) is 0 Å². The molecule has 0 saturated heterocycles. The second-order valence-corrected chi connectivity index (χ2v) is 10.2. The fraction of sp³-hybridized carbons (Fsp3) is 0.680. The van der Waals surface area contributed by atoms with Crippen LogP contribution in [0.15, 0.2) is 40.7 Å². The number of aliphatic hydroxyl groups excluding tert-OH is 1. The van der Waals surface area contributed by atoms with Gasteiger partial charge in [0.1, 0.15) is 0 Å². The monoisotopic (exact) mass is 366 g/mol. The van der Waals surface area contributed by atoms with Crippen LogP contribution in [-0.2, 0) is 0 Å². The Labute approximate surface area is 163 Å². The van der Waals surface area contributed by atoms with Crippen molar-refractivity contribution in [2.45, 2.75) is 71.8 Å². The summed E-state index contributed by atoms with van der Waals surface area (Å²) in [5.74, 6) is 2.97. The summed E-state index contributed by atoms with van der Waals surface area (Å²) in [6.07, 6.45) is 16.9. The van der Waals surface area contributed by atoms with Crippen molar-refractivity contribution in [1.82, 2.24) is 0 Å². The molecule has 2 nitrogen and oxygen atoms in total. The molecular weight excluding hydrogens is 332 g/mol. The summed E-state index contributed by atoms with van der Waals surface area (Å²) >= 11 is 0. The van der Waals surface area contributed by atoms with Gasteiger partial charge >= 0.3 is 0 Å². The molecule has 5 rings (SSSR count). The summed E-state index contributed by atoms with van der Waals surface area (Å²) in [4.78, 5) is 0. The molecule has 1 N–H and O–H groups in total. The molecule has 0 radical (unpaired) electrons. The molecule has 0 aliphatic heterocycles. The Bertz CT molecular complexity index is 772. The van der Waals surface area contributed by atoms with Gasteiger partial charge in [-0.1, -0.05) is 38.5 Å². The highest BCUT2D eigenvalue weighted by Gasteiger charge is 2.58. The molecule has 4 aliphatic carbocycles. The van der Waals surface area contributed by atoms with Gasteiger partial charge in [-0.3, -0.25) is 0 Å². The van der Waals surface area contributed by atoms with E-state index in [1.54, 1.807) is 5.57 Å². The van der Waals surface area contributed by atoms with Gasteiger partial charge in [0.05, 0.1) is 18.6 Å². The minimum absolute atomic E-state index is 0.118. The molecule has 2 fully saturated rings. The summed E-state index contributed by atoms with van der Waals surface area (Å²) in [6.45, 7) is 7.42. The van der Waals surface area contributed by atoms with Crippen molar-refractivity contribution in [3.8, 4) is 0 Å². The van der Waals surface area contributed by atoms with Crippen molar-refractivity contribution in [2.24, 2.45) is 34.5 Å². The van der Waals surface area contributed by atoms with Gasteiger partial charge in [-0.05, 0) is 91.1 Å². The molecule has 1 heterocycles. The van der Waals surface area contributed by atoms with E-state index in [1.807, 2.05) is 12.5 Å². The second kappa shape index (κ2) is 6.11. The second-order valence-electron chi connectivity index (χ2n) is 10.2. The Morgan fingerprint density at radius 1 is 1.15 bits per heavy atom. The highest BCUT2D eigenvalue weighted by Crippen LogP contribution is 2.67. The average molecular weight is 367 g/mol. The van der Waals surface area contributed by atoms with Gasteiger partial charge in [-0.25, -0.2) is 0 Å². The predicted molar refractivity (Wildman–Crippen MR) is 109 cm³/mol. The topological polar surface area (TPSA) is 33.4 Å². The van der Waals surface area contributed by atoms with E-state index < -0.39 is 0 Å². The zero-order valence-corrected chi connectivity index (χ0v) is 17.1. The Kier molecular flexibility index (Phi) is 4.03. The lowest BCUT2D eigenvalue weighted by molar-refractivity contribution is -0.0464. The molecule has 1 aromatic rings. The van der Waals surface area contributed by atoms with Crippen LogP contribution in [0, 0.1) is 34.5 Å². The van der Waals surface area contributed by atoms with Crippen LogP contribution in [0.4, 0.5) is 0 Å². The van der Waals surface area contributed by atoms with Gasteiger partial charge in [0, 0.05) is 5.56 Å². The average Bonchev–Trinajstić information content (AvgIpc) is 3.28. The zero-order valence-electron chi connectivity index (χ0n) is 17.1. The molecule has 0 amide bonds. The van der Waals surface area contributed by atoms with Gasteiger partial charge in [-0.15, -0.1) is 0 Å². The smallest absolute Gasteiger partial charge is 0.0977 e. The van der Waals surface area contributed by atoms with Crippen molar-refractivity contribution in [1.29, 1.82) is 0 Å². The number of rotatable bonds is 2. The number of allylic oxidation sites excluding steroid dienone is 3. The lowest BCUT2D eigenvalue weighted by Crippen LogP contribution is -2.52. The van der Waals surface area contributed by atoms with E-state index >= 15 is 0 Å². The minimum Gasteiger partial charge on any atom is -0.472 e. The van der Waals surface area contributed by atoms with Crippen molar-refractivity contribution in [3.63, 3.8) is 0 Å². The number of furan rings is 1. The largest absolute Gasteiger partial charge is 0.472 e. The highest BCUT2D eigenvalue weighted by atomic mass is 16.3. The molecule has 2 saturated carbocycles. The van der Waals surface area contributed by atoms with E-state index in [2.05, 4.69) is 39.0 Å². The molecule has 4 aliphatic rings. The summed E-state index contributed by atoms with van der Waals surface area (Å²) in [5.41, 5.74) is 5.02. The summed E-state index contributed by atoms with van der Waals surface area (Å²) in [5, 5.41) is 10.3. The maximum atomic E-state index is 10.3. The van der Waals surface area contributed by atoms with Crippen LogP contribution in [0.3, 0.4) is 0 Å². The van der Waals surface area contributed by atoms with Crippen molar-refractivity contribution >= 4 is 5.57 Å². The van der Waals surface area contributed by atoms with Crippen LogP contribution in [0.2, 0.25) is 0 Å². The van der Waals surface area contributed by atoms with Crippen LogP contribution in [0.5, 0.6) is 0 Å². The fourth-order valence-electron chi connectivity index (χ4n) is 7.63. The molecule has 2 heteroatoms. The van der Waals surface area contributed by atoms with E-state index in [-0.39, 0.29) is 11.5 Å². The first-order chi connectivity index (χ1) is 13.0. The van der Waals surface area contributed by atoms with Gasteiger partial charge in [0.15, 0.2) is 0 Å². The first kappa shape index (κ1) is 17.8. The molecule has 0 bridgehead atoms. The van der Waals surface area contributed by atoms with Crippen LogP contribution < -0.4 is 0 Å². The maximum absolute atomic E-state index is 10.3. The van der Waals surface area contributed by atoms with E-state index in [0.29, 0.717) is 11.3 Å². The number of aliphatic hydroxyl groups is 1. The Morgan fingerprint density at radius 2 is 1.96 bits per heavy atom. The third kappa shape index (κ3) is 2.41. The Morgan fingerprint density at radius 3 is 2.70 bits per heavy atom. The Balaban J connectivity index is 1.54. The van der Waals surface area contributed by atoms with E-state index in [4.69, 9.17) is 4.42 Å². The molecule has 0 aromatic carbocycles. The lowest BCUT2D eigenvalue weighted by Gasteiger charge is -2.59. The SMILES string of the molecule is CC[C@H]1C=C2C[C@H](O)CC[C@]2(C)[C@H]2CC[C@]3(C)C(c4ccoc4)=CC[C@H]3[C@H]12. The Hall–Kier alpha value is -1.28. The molecule has 146 valence electrons. The van der Waals surface area contributed by atoms with Crippen molar-refractivity contribution < 1.29 is 9.52 Å². The zero-order chi connectivity index (χ0) is 18.8. The number of fused-ring (bicyclic) bond motifs is 5. The summed E-state index contributed by atoms with van der Waals surface area (Å²) in [6, 6.07) is 2.14. The molecule has 0 unspecified atom stereocenters. The molecular formula is C25H34O2. The highest BCUT2D eigenvalue weighted by molar-refractivity contribution is 5.72. The van der Waals surface area contributed by atoms with Gasteiger partial charge in [-0.2, -0.15) is 0 Å². The first-order valence-corrected chi connectivity index (χ1v) is 11.1. The van der Waals surface area contributed by atoms with Crippen molar-refractivity contribution in [2.75, 3.05) is 0 Å². The standard InChI is InChI=1S/C25H34O2/c1-4-16-13-18-14-19(26)7-10-24(18,2)22-8-11-25(3)20(17-9-12-27-15-17)5-6-21(25)23(16)22/h5,9,12-13,15-16,19,21-23,26H,4,6-8,10-11,14H2,1-3H3/t16-,19+,21-,22-,23-,24-,25+/m0/s1. The normalized spacial score (nSPS) is 46.1. The molecule has 1 aromatic heterocycles. The minimum atomic E-state index is -0.118. The van der Waals surface area contributed by atoms with Gasteiger partial charge < -0.3 is 9.52 Å². The van der Waals surface area contributed by atoms with Crippen molar-refractivity contribution in [3.05, 3.63) is 41.9 Å². The van der Waals surface area contributed by atoms with E-state index in [0.717, 1.165) is 30.6 Å². The first-order valence-electron chi connectivity index (χ1n) is 11.1. The molecule has 27 heavy (non-hydrogen) atoms. The molecule has 7 atom stereocenters. The summed E-state index contributed by atoms with van der Waals surface area (Å²) < 4.78 is 5.42. The van der Waals surface area contributed by atoms with Crippen LogP contribution in [-0.4, -0.2) is 11.2 Å². The quantitative estimate of drug-likeness (QED) is 0.629. The lowest BCUT2D eigenvalue weighted by atomic mass is 9.45. The fourth-order valence-corrected chi connectivity index (χ4v) is 7.63. The number of hydrogen-bond acceptors (Lipinski definition) is 2. The summed E-state index contributed by atoms with van der Waals surface area (Å²) in [7, 11) is 0. The third-order valence-electron chi connectivity index (χ3n) is 9.13. The molecule has 0 spiro atoms. The predicted octanol–water partition coefficient (Wildman–Crippen LogP) is 6.23. The van der Waals surface area contributed by atoms with Gasteiger partial charge in [0.25, 0.3) is 0 Å². The van der Waals surface area contributed by atoms with Crippen LogP contribution >= 0.6 is 0 Å². The van der Waals surface area contributed by atoms with E-state index in [1.165, 1.54) is 43.2 Å². The van der Waals surface area contributed by atoms with E-state index in [9.17, 15) is 5.11 Å².